The Morgan fingerprint density at radius 3 is 2.05 bits per heavy atom. The number of piperazine rings is 1. The molecule has 0 spiro atoms. The molecule has 0 aromatic heterocycles. The van der Waals surface area contributed by atoms with E-state index in [-0.39, 0.29) is 120 Å². The number of benzene rings is 2. The van der Waals surface area contributed by atoms with Crippen molar-refractivity contribution < 1.29 is 132 Å². The molecular weight excluding hydrogens is 595 g/mol. The number of carboxylic acid groups (broad SMARTS) is 1. The van der Waals surface area contributed by atoms with Gasteiger partial charge in [0.05, 0.1) is 5.71 Å². The van der Waals surface area contributed by atoms with Crippen LogP contribution in [0.2, 0.25) is 5.02 Å². The molecule has 0 saturated carbocycles. The first-order valence-corrected chi connectivity index (χ1v) is 12.0. The van der Waals surface area contributed by atoms with E-state index in [4.69, 9.17) is 50.1 Å². The van der Waals surface area contributed by atoms with Gasteiger partial charge in [-0.25, -0.2) is 0 Å². The fourth-order valence-electron chi connectivity index (χ4n) is 3.22. The van der Waals surface area contributed by atoms with Gasteiger partial charge in [0.2, 0.25) is 6.79 Å². The molecule has 0 radical (unpaired) electrons. The van der Waals surface area contributed by atoms with Crippen LogP contribution in [0, 0.1) is 0 Å². The third-order valence-corrected chi connectivity index (χ3v) is 5.67. The summed E-state index contributed by atoms with van der Waals surface area (Å²) < 4.78 is 25.5. The van der Waals surface area contributed by atoms with Crippen molar-refractivity contribution in [2.75, 3.05) is 39.6 Å². The number of nitrogens with zero attached hydrogens (tertiary/aromatic N) is 2. The topological polar surface area (TPSA) is 155 Å². The van der Waals surface area contributed by atoms with Gasteiger partial charge in [-0.15, -0.1) is 12.4 Å². The number of rotatable bonds is 6. The minimum Gasteiger partial charge on any atom is -0.807 e. The van der Waals surface area contributed by atoms with Crippen molar-refractivity contribution in [1.82, 2.24) is 9.80 Å². The molecule has 11 nitrogen and oxygen atoms in total. The van der Waals surface area contributed by atoms with E-state index in [1.165, 1.54) is 5.56 Å². The smallest absolute Gasteiger partial charge is 0.807 e. The van der Waals surface area contributed by atoms with Crippen LogP contribution in [0.3, 0.4) is 0 Å². The maximum atomic E-state index is 12.4. The molecule has 0 atom stereocenters. The van der Waals surface area contributed by atoms with Gasteiger partial charge in [-0.05, 0) is 49.6 Å². The van der Waals surface area contributed by atoms with Crippen molar-refractivity contribution in [3.63, 3.8) is 0 Å². The summed E-state index contributed by atoms with van der Waals surface area (Å²) in [7, 11) is -5.43. The summed E-state index contributed by atoms with van der Waals surface area (Å²) in [6.07, 6.45) is 0. The van der Waals surface area contributed by atoms with Crippen LogP contribution in [0.4, 0.5) is 4.79 Å². The Labute approximate surface area is 297 Å². The zero-order chi connectivity index (χ0) is 24.7. The van der Waals surface area contributed by atoms with E-state index in [0.29, 0.717) is 23.9 Å². The molecule has 2 aromatic carbocycles. The molecule has 2 heterocycles. The van der Waals surface area contributed by atoms with E-state index >= 15 is 0 Å². The van der Waals surface area contributed by atoms with Gasteiger partial charge < -0.3 is 43.4 Å². The van der Waals surface area contributed by atoms with Crippen LogP contribution in [-0.4, -0.2) is 61.0 Å². The Balaban J connectivity index is 0. The predicted octanol–water partition coefficient (Wildman–Crippen LogP) is -8.53. The van der Waals surface area contributed by atoms with E-state index in [1.807, 2.05) is 17.0 Å². The minimum atomic E-state index is -5.43. The maximum absolute atomic E-state index is 12.4. The van der Waals surface area contributed by atoms with E-state index in [9.17, 15) is 4.79 Å². The zero-order valence-electron chi connectivity index (χ0n) is 21.3. The summed E-state index contributed by atoms with van der Waals surface area (Å²) in [5, 5.41) is 9.67. The van der Waals surface area contributed by atoms with Gasteiger partial charge in [-0.1, -0.05) is 17.7 Å². The van der Waals surface area contributed by atoms with Crippen molar-refractivity contribution in [2.45, 2.75) is 6.54 Å². The van der Waals surface area contributed by atoms with Gasteiger partial charge in [-0.3, -0.25) is 9.69 Å². The van der Waals surface area contributed by atoms with Gasteiger partial charge in [0, 0.05) is 37.7 Å². The number of halogens is 2. The summed E-state index contributed by atoms with van der Waals surface area (Å²) >= 11 is 5.85. The fourth-order valence-corrected chi connectivity index (χ4v) is 3.35. The van der Waals surface area contributed by atoms with E-state index in [0.717, 1.165) is 31.1 Å². The average Bonchev–Trinajstić information content (AvgIpc) is 3.27. The molecule has 17 heteroatoms. The minimum absolute atomic E-state index is 0. The molecule has 0 bridgehead atoms. The predicted molar refractivity (Wildman–Crippen MR) is 122 cm³/mol. The summed E-state index contributed by atoms with van der Waals surface area (Å²) in [5.74, 6) is 2.26. The number of ether oxygens (including phenoxy) is 3. The number of hydrogen-bond acceptors (Lipinski definition) is 10. The van der Waals surface area contributed by atoms with Gasteiger partial charge in [0.25, 0.3) is 5.91 Å². The largest absolute Gasteiger partial charge is 1.00 e. The third kappa shape index (κ3) is 13.4. The Hall–Kier alpha value is 0.470. The SMILES string of the molecule is Cl.O=C(COc1ccc(Cl)cc1)N1CCN(Cc2ccc3c(c2)OCO3)CC1.O=C([O-])P(=O)([O-])[O-].[Na+].[Na+].[Na+]. The molecule has 2 aliphatic heterocycles. The van der Waals surface area contributed by atoms with Crippen LogP contribution in [0.1, 0.15) is 5.56 Å². The number of amides is 1. The molecule has 0 unspecified atom stereocenters. The Bertz CT molecular complexity index is 1070. The molecule has 4 rings (SSSR count). The molecule has 192 valence electrons. The molecular formula is C21H22Cl2N2Na3O9P. The molecule has 1 fully saturated rings. The number of carbonyl (C=O) groups excluding carboxylic acids is 2. The zero-order valence-corrected chi connectivity index (χ0v) is 29.8. The van der Waals surface area contributed by atoms with Crippen molar-refractivity contribution in [3.05, 3.63) is 53.1 Å². The Morgan fingerprint density at radius 2 is 1.50 bits per heavy atom. The molecule has 38 heavy (non-hydrogen) atoms. The van der Waals surface area contributed by atoms with Crippen LogP contribution in [0.15, 0.2) is 42.5 Å². The first kappa shape index (κ1) is 40.6. The fraction of sp³-hybridized carbons (Fsp3) is 0.333. The standard InChI is InChI=1S/C20H21ClN2O4.CH3O5P.ClH.3Na/c21-16-2-4-17(5-3-16)25-13-20(24)23-9-7-22(8-10-23)12-15-1-6-18-19(11-15)27-14-26-18;2-1(3)7(4,5)6;;;;/h1-6,11H,7-10,12-14H2;(H,2,3)(H2,4,5,6);1H;;;/q;;;3*+1/p-3. The van der Waals surface area contributed by atoms with Gasteiger partial charge in [0.1, 0.15) is 5.75 Å². The molecule has 2 aliphatic rings. The second-order valence-electron chi connectivity index (χ2n) is 7.35. The molecule has 0 aliphatic carbocycles. The van der Waals surface area contributed by atoms with Gasteiger partial charge >= 0.3 is 88.7 Å². The van der Waals surface area contributed by atoms with Crippen molar-refractivity contribution in [1.29, 1.82) is 0 Å². The maximum Gasteiger partial charge on any atom is 1.00 e. The van der Waals surface area contributed by atoms with E-state index in [1.54, 1.807) is 24.3 Å². The van der Waals surface area contributed by atoms with Crippen molar-refractivity contribution in [3.8, 4) is 17.2 Å². The van der Waals surface area contributed by atoms with E-state index < -0.39 is 13.3 Å². The average molecular weight is 617 g/mol. The van der Waals surface area contributed by atoms with Crippen LogP contribution in [0.5, 0.6) is 17.2 Å². The van der Waals surface area contributed by atoms with Crippen LogP contribution >= 0.6 is 31.6 Å². The number of carbonyl (C=O) groups is 2. The molecule has 2 aromatic rings. The second kappa shape index (κ2) is 19.6. The molecule has 1 saturated heterocycles. The van der Waals surface area contributed by atoms with Crippen LogP contribution in [-0.2, 0) is 15.9 Å². The first-order chi connectivity index (χ1) is 16.1. The normalized spacial score (nSPS) is 13.7. The summed E-state index contributed by atoms with van der Waals surface area (Å²) in [6, 6.07) is 13.1. The van der Waals surface area contributed by atoms with E-state index in [2.05, 4.69) is 11.0 Å². The summed E-state index contributed by atoms with van der Waals surface area (Å²) in [6.45, 7) is 4.24. The Kier molecular flexibility index (Phi) is 20.9. The van der Waals surface area contributed by atoms with Gasteiger partial charge in [-0.2, -0.15) is 0 Å². The second-order valence-corrected chi connectivity index (χ2v) is 9.15. The molecule has 0 N–H and O–H groups in total. The summed E-state index contributed by atoms with van der Waals surface area (Å²) in [5.41, 5.74) is -1.38. The van der Waals surface area contributed by atoms with Crippen molar-refractivity contribution in [2.24, 2.45) is 0 Å². The van der Waals surface area contributed by atoms with Crippen molar-refractivity contribution >= 4 is 43.2 Å². The Morgan fingerprint density at radius 1 is 0.947 bits per heavy atom. The monoisotopic (exact) mass is 616 g/mol. The van der Waals surface area contributed by atoms with Crippen LogP contribution < -0.4 is 118 Å². The third-order valence-electron chi connectivity index (χ3n) is 4.97. The number of fused-ring (bicyclic) bond motifs is 1. The summed E-state index contributed by atoms with van der Waals surface area (Å²) in [4.78, 5) is 43.8. The van der Waals surface area contributed by atoms with Crippen LogP contribution in [0.25, 0.3) is 0 Å². The quantitative estimate of drug-likeness (QED) is 0.226. The van der Waals surface area contributed by atoms with Gasteiger partial charge in [0.15, 0.2) is 18.1 Å². The number of hydrogen-bond donors (Lipinski definition) is 0. The molecule has 1 amide bonds. The first-order valence-electron chi connectivity index (χ1n) is 10.1.